The van der Waals surface area contributed by atoms with Crippen LogP contribution in [0.2, 0.25) is 0 Å². The van der Waals surface area contributed by atoms with E-state index in [1.54, 1.807) is 37.3 Å². The van der Waals surface area contributed by atoms with Gasteiger partial charge in [-0.15, -0.1) is 0 Å². The lowest BCUT2D eigenvalue weighted by Crippen LogP contribution is -2.14. The Bertz CT molecular complexity index is 683. The molecule has 1 amide bonds. The number of nitro groups is 1. The Balaban J connectivity index is 2.34. The second-order valence-electron chi connectivity index (χ2n) is 4.36. The number of benzene rings is 2. The fourth-order valence-corrected chi connectivity index (χ4v) is 1.81. The van der Waals surface area contributed by atoms with E-state index in [1.807, 2.05) is 0 Å². The number of nitrogen functional groups attached to an aromatic ring is 1. The van der Waals surface area contributed by atoms with Crippen LogP contribution in [0, 0.1) is 17.0 Å². The second-order valence-corrected chi connectivity index (χ2v) is 4.36. The zero-order valence-corrected chi connectivity index (χ0v) is 10.8. The Labute approximate surface area is 115 Å². The minimum Gasteiger partial charge on any atom is -0.399 e. The highest BCUT2D eigenvalue weighted by atomic mass is 16.6. The van der Waals surface area contributed by atoms with Crippen molar-refractivity contribution in [3.05, 3.63) is 63.7 Å². The highest BCUT2D eigenvalue weighted by Crippen LogP contribution is 2.21. The van der Waals surface area contributed by atoms with Crippen molar-refractivity contribution in [2.75, 3.05) is 11.1 Å². The van der Waals surface area contributed by atoms with Crippen LogP contribution in [-0.4, -0.2) is 10.8 Å². The number of hydrogen-bond donors (Lipinski definition) is 2. The number of carbonyl (C=O) groups excluding carboxylic acids is 1. The number of anilines is 2. The summed E-state index contributed by atoms with van der Waals surface area (Å²) in [4.78, 5) is 22.5. The van der Waals surface area contributed by atoms with Gasteiger partial charge < -0.3 is 11.1 Å². The predicted octanol–water partition coefficient (Wildman–Crippen LogP) is 2.74. The average Bonchev–Trinajstić information content (AvgIpc) is 2.38. The van der Waals surface area contributed by atoms with Crippen LogP contribution in [0.4, 0.5) is 17.1 Å². The van der Waals surface area contributed by atoms with Crippen molar-refractivity contribution < 1.29 is 9.72 Å². The topological polar surface area (TPSA) is 98.3 Å². The molecule has 2 aromatic carbocycles. The molecule has 0 fully saturated rings. The summed E-state index contributed by atoms with van der Waals surface area (Å²) in [6.07, 6.45) is 0. The fourth-order valence-electron chi connectivity index (χ4n) is 1.81. The van der Waals surface area contributed by atoms with Crippen molar-refractivity contribution in [2.24, 2.45) is 0 Å². The Morgan fingerprint density at radius 2 is 2.00 bits per heavy atom. The Morgan fingerprint density at radius 1 is 1.25 bits per heavy atom. The van der Waals surface area contributed by atoms with Crippen LogP contribution in [-0.2, 0) is 0 Å². The molecule has 0 spiro atoms. The van der Waals surface area contributed by atoms with E-state index in [0.29, 0.717) is 11.4 Å². The molecule has 0 radical (unpaired) electrons. The molecule has 2 rings (SSSR count). The highest BCUT2D eigenvalue weighted by molar-refractivity contribution is 6.07. The van der Waals surface area contributed by atoms with Crippen LogP contribution >= 0.6 is 0 Å². The monoisotopic (exact) mass is 271 g/mol. The van der Waals surface area contributed by atoms with E-state index in [0.717, 1.165) is 5.56 Å². The zero-order chi connectivity index (χ0) is 14.7. The van der Waals surface area contributed by atoms with Crippen LogP contribution in [0.25, 0.3) is 0 Å². The van der Waals surface area contributed by atoms with Gasteiger partial charge in [0.25, 0.3) is 11.6 Å². The van der Waals surface area contributed by atoms with E-state index in [4.69, 9.17) is 5.73 Å². The maximum atomic E-state index is 12.1. The summed E-state index contributed by atoms with van der Waals surface area (Å²) in [5.74, 6) is -0.536. The summed E-state index contributed by atoms with van der Waals surface area (Å²) >= 11 is 0. The smallest absolute Gasteiger partial charge is 0.282 e. The van der Waals surface area contributed by atoms with E-state index in [-0.39, 0.29) is 11.3 Å². The van der Waals surface area contributed by atoms with Gasteiger partial charge in [0, 0.05) is 17.4 Å². The van der Waals surface area contributed by atoms with Crippen LogP contribution in [0.3, 0.4) is 0 Å². The number of nitro benzene ring substituents is 1. The van der Waals surface area contributed by atoms with Gasteiger partial charge in [0.2, 0.25) is 0 Å². The number of carbonyl (C=O) groups is 1. The van der Waals surface area contributed by atoms with Crippen LogP contribution in [0.5, 0.6) is 0 Å². The molecule has 0 saturated carbocycles. The molecule has 6 nitrogen and oxygen atoms in total. The molecule has 0 aliphatic rings. The fraction of sp³-hybridized carbons (Fsp3) is 0.0714. The number of nitrogens with one attached hydrogen (secondary N) is 1. The largest absolute Gasteiger partial charge is 0.399 e. The molecule has 0 saturated heterocycles. The van der Waals surface area contributed by atoms with Gasteiger partial charge in [-0.1, -0.05) is 12.1 Å². The van der Waals surface area contributed by atoms with Gasteiger partial charge in [-0.05, 0) is 36.8 Å². The number of nitrogens with two attached hydrogens (primary N) is 1. The molecule has 20 heavy (non-hydrogen) atoms. The predicted molar refractivity (Wildman–Crippen MR) is 76.6 cm³/mol. The quantitative estimate of drug-likeness (QED) is 0.509. The summed E-state index contributed by atoms with van der Waals surface area (Å²) in [6, 6.07) is 11.0. The first kappa shape index (κ1) is 13.5. The van der Waals surface area contributed by atoms with Gasteiger partial charge in [-0.2, -0.15) is 0 Å². The van der Waals surface area contributed by atoms with E-state index in [9.17, 15) is 14.9 Å². The van der Waals surface area contributed by atoms with Crippen molar-refractivity contribution in [2.45, 2.75) is 6.92 Å². The minimum absolute atomic E-state index is 0.0254. The van der Waals surface area contributed by atoms with Gasteiger partial charge in [-0.3, -0.25) is 14.9 Å². The summed E-state index contributed by atoms with van der Waals surface area (Å²) < 4.78 is 0. The molecule has 0 atom stereocenters. The SMILES string of the molecule is Cc1ccc([N+](=O)[O-])c(C(=O)Nc2cccc(N)c2)c1. The summed E-state index contributed by atoms with van der Waals surface area (Å²) in [6.45, 7) is 1.76. The van der Waals surface area contributed by atoms with Crippen molar-refractivity contribution in [3.8, 4) is 0 Å². The molecule has 0 bridgehead atoms. The number of amides is 1. The first-order valence-electron chi connectivity index (χ1n) is 5.89. The Morgan fingerprint density at radius 3 is 2.65 bits per heavy atom. The van der Waals surface area contributed by atoms with Crippen LogP contribution in [0.1, 0.15) is 15.9 Å². The lowest BCUT2D eigenvalue weighted by Gasteiger charge is -2.07. The Kier molecular flexibility index (Phi) is 3.65. The molecule has 102 valence electrons. The highest BCUT2D eigenvalue weighted by Gasteiger charge is 2.20. The van der Waals surface area contributed by atoms with Crippen molar-refractivity contribution >= 4 is 23.0 Å². The molecule has 3 N–H and O–H groups in total. The molecule has 0 aliphatic carbocycles. The van der Waals surface area contributed by atoms with E-state index in [2.05, 4.69) is 5.32 Å². The summed E-state index contributed by atoms with van der Waals surface area (Å²) in [5.41, 5.74) is 7.18. The molecular formula is C14H13N3O3. The minimum atomic E-state index is -0.576. The number of aryl methyl sites for hydroxylation is 1. The molecule has 2 aromatic rings. The number of hydrogen-bond acceptors (Lipinski definition) is 4. The molecule has 6 heteroatoms. The van der Waals surface area contributed by atoms with Crippen LogP contribution < -0.4 is 11.1 Å². The van der Waals surface area contributed by atoms with Crippen molar-refractivity contribution in [1.82, 2.24) is 0 Å². The standard InChI is InChI=1S/C14H13N3O3/c1-9-5-6-13(17(19)20)12(7-9)14(18)16-11-4-2-3-10(15)8-11/h2-8H,15H2,1H3,(H,16,18). The maximum absolute atomic E-state index is 12.1. The molecule has 0 heterocycles. The third-order valence-corrected chi connectivity index (χ3v) is 2.74. The van der Waals surface area contributed by atoms with E-state index < -0.39 is 10.8 Å². The van der Waals surface area contributed by atoms with Crippen molar-refractivity contribution in [3.63, 3.8) is 0 Å². The zero-order valence-electron chi connectivity index (χ0n) is 10.8. The number of nitrogens with zero attached hydrogens (tertiary/aromatic N) is 1. The van der Waals surface area contributed by atoms with Crippen LogP contribution in [0.15, 0.2) is 42.5 Å². The van der Waals surface area contributed by atoms with Gasteiger partial charge in [0.15, 0.2) is 0 Å². The summed E-state index contributed by atoms with van der Waals surface area (Å²) in [5, 5.41) is 13.5. The number of rotatable bonds is 3. The van der Waals surface area contributed by atoms with Gasteiger partial charge in [0.05, 0.1) is 4.92 Å². The van der Waals surface area contributed by atoms with Gasteiger partial charge >= 0.3 is 0 Å². The Hall–Kier alpha value is -2.89. The normalized spacial score (nSPS) is 10.1. The van der Waals surface area contributed by atoms with Gasteiger partial charge in [-0.25, -0.2) is 0 Å². The first-order valence-corrected chi connectivity index (χ1v) is 5.89. The van der Waals surface area contributed by atoms with E-state index in [1.165, 1.54) is 12.1 Å². The lowest BCUT2D eigenvalue weighted by molar-refractivity contribution is -0.385. The average molecular weight is 271 g/mol. The summed E-state index contributed by atoms with van der Waals surface area (Å²) in [7, 11) is 0. The molecule has 0 unspecified atom stereocenters. The third kappa shape index (κ3) is 2.92. The van der Waals surface area contributed by atoms with Gasteiger partial charge in [0.1, 0.15) is 5.56 Å². The second kappa shape index (κ2) is 5.40. The lowest BCUT2D eigenvalue weighted by atomic mass is 10.1. The molecular weight excluding hydrogens is 258 g/mol. The third-order valence-electron chi connectivity index (χ3n) is 2.74. The maximum Gasteiger partial charge on any atom is 0.282 e. The van der Waals surface area contributed by atoms with Crippen molar-refractivity contribution in [1.29, 1.82) is 0 Å². The first-order chi connectivity index (χ1) is 9.47. The molecule has 0 aliphatic heterocycles. The van der Waals surface area contributed by atoms with E-state index >= 15 is 0 Å². The molecule has 0 aromatic heterocycles.